The second kappa shape index (κ2) is 2.95. The van der Waals surface area contributed by atoms with Crippen LogP contribution in [0.3, 0.4) is 0 Å². The molecule has 3 nitrogen and oxygen atoms in total. The Morgan fingerprint density at radius 1 is 1.82 bits per heavy atom. The van der Waals surface area contributed by atoms with Crippen molar-refractivity contribution in [2.45, 2.75) is 24.0 Å². The average molecular weight is 182 g/mol. The van der Waals surface area contributed by atoms with Crippen LogP contribution < -0.4 is 5.32 Å². The van der Waals surface area contributed by atoms with E-state index in [-0.39, 0.29) is 12.8 Å². The number of rotatable bonds is 1. The largest absolute Gasteiger partial charge is 0.479 e. The predicted octanol–water partition coefficient (Wildman–Crippen LogP) is 0.728. The van der Waals surface area contributed by atoms with Crippen molar-refractivity contribution in [3.8, 4) is 0 Å². The van der Waals surface area contributed by atoms with Crippen LogP contribution in [0.4, 0.5) is 4.39 Å². The molecule has 1 heterocycles. The number of hydrogen-bond donors (Lipinski definition) is 2. The van der Waals surface area contributed by atoms with Crippen molar-refractivity contribution < 1.29 is 14.3 Å². The molecule has 1 rings (SSSR count). The topological polar surface area (TPSA) is 49.3 Å². The van der Waals surface area contributed by atoms with E-state index in [9.17, 15) is 9.18 Å². The number of carboxylic acids is 1. The summed E-state index contributed by atoms with van der Waals surface area (Å²) in [4.78, 5) is 10.4. The molecule has 1 aliphatic rings. The molecule has 1 saturated heterocycles. The average Bonchev–Trinajstić information content (AvgIpc) is 1.86. The molecular formula is C6H9ClFNO2. The summed E-state index contributed by atoms with van der Waals surface area (Å²) in [6, 6.07) is 0. The van der Waals surface area contributed by atoms with Gasteiger partial charge in [0.15, 0.2) is 0 Å². The Bertz CT molecular complexity index is 178. The van der Waals surface area contributed by atoms with E-state index < -0.39 is 17.1 Å². The summed E-state index contributed by atoms with van der Waals surface area (Å²) in [5, 5.41) is 11.2. The summed E-state index contributed by atoms with van der Waals surface area (Å²) in [6.07, 6.45) is -0.171. The van der Waals surface area contributed by atoms with E-state index in [0.29, 0.717) is 6.54 Å². The zero-order valence-corrected chi connectivity index (χ0v) is 6.57. The second-order valence-electron chi connectivity index (χ2n) is 2.65. The third-order valence-electron chi connectivity index (χ3n) is 1.77. The van der Waals surface area contributed by atoms with Gasteiger partial charge in [-0.1, -0.05) is 0 Å². The Balaban J connectivity index is 2.63. The lowest BCUT2D eigenvalue weighted by Crippen LogP contribution is -2.47. The highest BCUT2D eigenvalue weighted by molar-refractivity contribution is 6.20. The van der Waals surface area contributed by atoms with Crippen molar-refractivity contribution in [2.75, 3.05) is 6.54 Å². The van der Waals surface area contributed by atoms with Gasteiger partial charge in [0.1, 0.15) is 0 Å². The molecule has 1 fully saturated rings. The van der Waals surface area contributed by atoms with Crippen LogP contribution in [0, 0.1) is 0 Å². The van der Waals surface area contributed by atoms with Crippen molar-refractivity contribution >= 4 is 17.6 Å². The zero-order chi connectivity index (χ0) is 8.48. The first kappa shape index (κ1) is 8.74. The maximum absolute atomic E-state index is 13.2. The van der Waals surface area contributed by atoms with E-state index in [4.69, 9.17) is 16.7 Å². The highest BCUT2D eigenvalue weighted by Crippen LogP contribution is 2.27. The van der Waals surface area contributed by atoms with Crippen LogP contribution in [0.1, 0.15) is 12.8 Å². The van der Waals surface area contributed by atoms with E-state index in [1.807, 2.05) is 0 Å². The minimum absolute atomic E-state index is 0.00838. The van der Waals surface area contributed by atoms with Crippen LogP contribution in [-0.2, 0) is 4.79 Å². The summed E-state index contributed by atoms with van der Waals surface area (Å²) >= 11 is 5.53. The maximum Gasteiger partial charge on any atom is 0.341 e. The number of halogens is 2. The summed E-state index contributed by atoms with van der Waals surface area (Å²) < 4.78 is 13.2. The summed E-state index contributed by atoms with van der Waals surface area (Å²) in [6.45, 7) is 0.316. The maximum atomic E-state index is 13.2. The van der Waals surface area contributed by atoms with Crippen LogP contribution in [0.15, 0.2) is 0 Å². The fourth-order valence-electron chi connectivity index (χ4n) is 1.08. The van der Waals surface area contributed by atoms with Crippen LogP contribution in [0.2, 0.25) is 0 Å². The van der Waals surface area contributed by atoms with Gasteiger partial charge in [0.05, 0.1) is 5.50 Å². The lowest BCUT2D eigenvalue weighted by molar-refractivity contribution is -0.152. The molecule has 64 valence electrons. The van der Waals surface area contributed by atoms with Gasteiger partial charge in [-0.15, -0.1) is 11.6 Å². The molecule has 0 aromatic carbocycles. The number of piperidine rings is 1. The zero-order valence-electron chi connectivity index (χ0n) is 5.81. The molecule has 2 unspecified atom stereocenters. The molecule has 2 N–H and O–H groups in total. The van der Waals surface area contributed by atoms with Gasteiger partial charge in [-0.2, -0.15) is 0 Å². The van der Waals surface area contributed by atoms with E-state index in [2.05, 4.69) is 5.32 Å². The number of carbonyl (C=O) groups is 1. The van der Waals surface area contributed by atoms with Crippen LogP contribution in [0.5, 0.6) is 0 Å². The monoisotopic (exact) mass is 181 g/mol. The smallest absolute Gasteiger partial charge is 0.341 e. The fraction of sp³-hybridized carbons (Fsp3) is 0.833. The molecule has 2 atom stereocenters. The van der Waals surface area contributed by atoms with Crippen LogP contribution >= 0.6 is 11.6 Å². The minimum atomic E-state index is -2.13. The molecule has 5 heteroatoms. The molecule has 0 aromatic rings. The first-order chi connectivity index (χ1) is 5.04. The molecular weight excluding hydrogens is 173 g/mol. The Morgan fingerprint density at radius 3 is 2.82 bits per heavy atom. The lowest BCUT2D eigenvalue weighted by atomic mass is 9.95. The van der Waals surface area contributed by atoms with Gasteiger partial charge in [0, 0.05) is 19.4 Å². The molecule has 0 radical (unpaired) electrons. The van der Waals surface area contributed by atoms with Gasteiger partial charge in [-0.3, -0.25) is 0 Å². The molecule has 0 aromatic heterocycles. The molecule has 0 aliphatic carbocycles. The number of aliphatic carboxylic acids is 1. The number of hydrogen-bond acceptors (Lipinski definition) is 2. The number of carboxylic acid groups (broad SMARTS) is 1. The Kier molecular flexibility index (Phi) is 2.34. The Labute approximate surface area is 68.5 Å². The highest BCUT2D eigenvalue weighted by atomic mass is 35.5. The molecule has 1 aliphatic heterocycles. The van der Waals surface area contributed by atoms with Gasteiger partial charge in [-0.25, -0.2) is 9.18 Å². The van der Waals surface area contributed by atoms with Crippen molar-refractivity contribution in [2.24, 2.45) is 0 Å². The van der Waals surface area contributed by atoms with Gasteiger partial charge in [-0.05, 0) is 0 Å². The summed E-state index contributed by atoms with van der Waals surface area (Å²) in [5.74, 6) is -1.41. The first-order valence-electron chi connectivity index (χ1n) is 3.34. The van der Waals surface area contributed by atoms with Crippen molar-refractivity contribution in [1.82, 2.24) is 5.32 Å². The van der Waals surface area contributed by atoms with Crippen molar-refractivity contribution in [3.05, 3.63) is 0 Å². The predicted molar refractivity (Wildman–Crippen MR) is 38.4 cm³/mol. The lowest BCUT2D eigenvalue weighted by Gasteiger charge is -2.28. The molecule has 11 heavy (non-hydrogen) atoms. The van der Waals surface area contributed by atoms with E-state index in [0.717, 1.165) is 0 Å². The SMILES string of the molecule is O=C(O)C1(F)CCNC(Cl)C1. The van der Waals surface area contributed by atoms with Gasteiger partial charge in [0.2, 0.25) is 5.67 Å². The van der Waals surface area contributed by atoms with Gasteiger partial charge < -0.3 is 10.4 Å². The van der Waals surface area contributed by atoms with Crippen LogP contribution in [-0.4, -0.2) is 28.8 Å². The summed E-state index contributed by atoms with van der Waals surface area (Å²) in [5.41, 5.74) is -2.69. The van der Waals surface area contributed by atoms with Crippen molar-refractivity contribution in [1.29, 1.82) is 0 Å². The quantitative estimate of drug-likeness (QED) is 0.463. The number of nitrogens with one attached hydrogen (secondary N) is 1. The van der Waals surface area contributed by atoms with E-state index in [1.54, 1.807) is 0 Å². The normalized spacial score (nSPS) is 38.5. The Morgan fingerprint density at radius 2 is 2.45 bits per heavy atom. The van der Waals surface area contributed by atoms with E-state index >= 15 is 0 Å². The van der Waals surface area contributed by atoms with E-state index in [1.165, 1.54) is 0 Å². The fourth-order valence-corrected chi connectivity index (χ4v) is 1.43. The molecule has 0 bridgehead atoms. The minimum Gasteiger partial charge on any atom is -0.479 e. The number of alkyl halides is 2. The van der Waals surface area contributed by atoms with Gasteiger partial charge >= 0.3 is 5.97 Å². The second-order valence-corrected chi connectivity index (χ2v) is 3.17. The first-order valence-corrected chi connectivity index (χ1v) is 3.78. The molecule has 0 spiro atoms. The van der Waals surface area contributed by atoms with Crippen LogP contribution in [0.25, 0.3) is 0 Å². The molecule has 0 saturated carbocycles. The highest BCUT2D eigenvalue weighted by Gasteiger charge is 2.42. The standard InChI is InChI=1S/C6H9ClFNO2/c7-4-3-6(8,5(10)11)1-2-9-4/h4,9H,1-3H2,(H,10,11). The molecule has 0 amide bonds. The third kappa shape index (κ3) is 1.81. The van der Waals surface area contributed by atoms with Gasteiger partial charge in [0.25, 0.3) is 0 Å². The van der Waals surface area contributed by atoms with Crippen molar-refractivity contribution in [3.63, 3.8) is 0 Å². The third-order valence-corrected chi connectivity index (χ3v) is 2.08. The summed E-state index contributed by atoms with van der Waals surface area (Å²) in [7, 11) is 0. The Hall–Kier alpha value is -0.350.